The van der Waals surface area contributed by atoms with E-state index in [2.05, 4.69) is 53.4 Å². The van der Waals surface area contributed by atoms with Gasteiger partial charge < -0.3 is 10.6 Å². The molecule has 3 rings (SSSR count). The maximum absolute atomic E-state index is 11.7. The van der Waals surface area contributed by atoms with Gasteiger partial charge in [-0.2, -0.15) is 5.10 Å². The third-order valence-corrected chi connectivity index (χ3v) is 6.83. The van der Waals surface area contributed by atoms with Crippen molar-refractivity contribution in [1.82, 2.24) is 25.4 Å². The Kier molecular flexibility index (Phi) is 6.08. The number of sulfone groups is 1. The van der Waals surface area contributed by atoms with Crippen molar-refractivity contribution in [1.29, 1.82) is 0 Å². The fourth-order valence-electron chi connectivity index (χ4n) is 3.53. The van der Waals surface area contributed by atoms with Gasteiger partial charge in [0.25, 0.3) is 0 Å². The maximum atomic E-state index is 11.7. The lowest BCUT2D eigenvalue weighted by atomic mass is 10.1. The fraction of sp³-hybridized carbons (Fsp3) is 0.833. The van der Waals surface area contributed by atoms with E-state index in [9.17, 15) is 8.42 Å². The number of aromatic nitrogens is 3. The van der Waals surface area contributed by atoms with Crippen molar-refractivity contribution in [3.63, 3.8) is 0 Å². The van der Waals surface area contributed by atoms with Crippen molar-refractivity contribution < 1.29 is 8.42 Å². The van der Waals surface area contributed by atoms with Crippen LogP contribution >= 0.6 is 0 Å². The number of aliphatic imine (C=N–C) groups is 1. The third kappa shape index (κ3) is 5.43. The summed E-state index contributed by atoms with van der Waals surface area (Å²) in [7, 11) is -2.86. The summed E-state index contributed by atoms with van der Waals surface area (Å²) in [5, 5.41) is 11.5. The van der Waals surface area contributed by atoms with Crippen molar-refractivity contribution in [2.24, 2.45) is 10.9 Å². The second kappa shape index (κ2) is 8.16. The van der Waals surface area contributed by atoms with Crippen LogP contribution in [0.3, 0.4) is 0 Å². The molecule has 3 heterocycles. The molecule has 0 saturated carbocycles. The Bertz CT molecular complexity index is 784. The molecule has 0 bridgehead atoms. The molecule has 2 aliphatic rings. The summed E-state index contributed by atoms with van der Waals surface area (Å²) in [5.41, 5.74) is 0. The van der Waals surface area contributed by atoms with E-state index in [-0.39, 0.29) is 23.8 Å². The van der Waals surface area contributed by atoms with Crippen LogP contribution in [0.25, 0.3) is 0 Å². The molecular formula is C18H32N6O2S. The molecule has 8 nitrogen and oxygen atoms in total. The molecule has 2 aliphatic heterocycles. The Morgan fingerprint density at radius 1 is 1.30 bits per heavy atom. The Morgan fingerprint density at radius 2 is 2.07 bits per heavy atom. The van der Waals surface area contributed by atoms with Crippen molar-refractivity contribution in [2.75, 3.05) is 18.1 Å². The van der Waals surface area contributed by atoms with Gasteiger partial charge in [-0.1, -0.05) is 13.8 Å². The van der Waals surface area contributed by atoms with Crippen molar-refractivity contribution in [3.05, 3.63) is 11.6 Å². The first-order valence-electron chi connectivity index (χ1n) is 9.93. The number of fused-ring (bicyclic) bond motifs is 1. The van der Waals surface area contributed by atoms with Gasteiger partial charge in [-0.25, -0.2) is 18.1 Å². The normalized spacial score (nSPS) is 25.0. The van der Waals surface area contributed by atoms with Crippen molar-refractivity contribution in [3.8, 4) is 0 Å². The average Bonchev–Trinajstić information content (AvgIpc) is 3.14. The molecule has 1 saturated heterocycles. The molecule has 2 unspecified atom stereocenters. The van der Waals surface area contributed by atoms with Gasteiger partial charge in [0, 0.05) is 31.0 Å². The second-order valence-corrected chi connectivity index (χ2v) is 10.6. The minimum atomic E-state index is -2.86. The van der Waals surface area contributed by atoms with Gasteiger partial charge in [0.15, 0.2) is 21.6 Å². The van der Waals surface area contributed by atoms with E-state index in [1.54, 1.807) is 0 Å². The van der Waals surface area contributed by atoms with Gasteiger partial charge in [-0.15, -0.1) is 0 Å². The minimum Gasteiger partial charge on any atom is -0.354 e. The number of nitrogens with one attached hydrogen (secondary N) is 2. The van der Waals surface area contributed by atoms with E-state index in [0.717, 1.165) is 37.0 Å². The molecule has 1 aromatic rings. The van der Waals surface area contributed by atoms with Crippen LogP contribution in [0.5, 0.6) is 0 Å². The van der Waals surface area contributed by atoms with Gasteiger partial charge in [-0.3, -0.25) is 4.99 Å². The van der Waals surface area contributed by atoms with E-state index in [1.807, 2.05) is 4.68 Å². The predicted molar refractivity (Wildman–Crippen MR) is 107 cm³/mol. The van der Waals surface area contributed by atoms with Gasteiger partial charge in [0.2, 0.25) is 0 Å². The first-order chi connectivity index (χ1) is 12.7. The fourth-order valence-corrected chi connectivity index (χ4v) is 5.38. The first-order valence-corrected chi connectivity index (χ1v) is 11.8. The molecular weight excluding hydrogens is 364 g/mol. The number of aryl methyl sites for hydroxylation is 1. The number of nitrogens with zero attached hydrogens (tertiary/aromatic N) is 4. The Morgan fingerprint density at radius 3 is 2.70 bits per heavy atom. The van der Waals surface area contributed by atoms with E-state index in [4.69, 9.17) is 0 Å². The molecule has 2 N–H and O–H groups in total. The third-order valence-electron chi connectivity index (χ3n) is 4.99. The average molecular weight is 397 g/mol. The summed E-state index contributed by atoms with van der Waals surface area (Å²) >= 11 is 0. The van der Waals surface area contributed by atoms with Crippen LogP contribution < -0.4 is 10.6 Å². The van der Waals surface area contributed by atoms with E-state index in [0.29, 0.717) is 24.6 Å². The zero-order valence-corrected chi connectivity index (χ0v) is 17.6. The predicted octanol–water partition coefficient (Wildman–Crippen LogP) is 1.09. The molecule has 1 fully saturated rings. The molecule has 1 aromatic heterocycles. The SMILES string of the molecule is CC(C)NC(=NCC1CCS(=O)(=O)C1)NC1CCc2nc(C(C)C)nn2C1. The van der Waals surface area contributed by atoms with Gasteiger partial charge in [0.1, 0.15) is 5.82 Å². The number of hydrogen-bond donors (Lipinski definition) is 2. The van der Waals surface area contributed by atoms with E-state index < -0.39 is 9.84 Å². The van der Waals surface area contributed by atoms with E-state index in [1.165, 1.54) is 0 Å². The molecule has 0 spiro atoms. The molecule has 2 atom stereocenters. The molecule has 0 amide bonds. The van der Waals surface area contributed by atoms with Crippen LogP contribution in [0.1, 0.15) is 58.1 Å². The molecule has 27 heavy (non-hydrogen) atoms. The Labute approximate surface area is 162 Å². The number of guanidine groups is 1. The van der Waals surface area contributed by atoms with Crippen LogP contribution in [0, 0.1) is 5.92 Å². The zero-order chi connectivity index (χ0) is 19.6. The second-order valence-electron chi connectivity index (χ2n) is 8.36. The van der Waals surface area contributed by atoms with Crippen molar-refractivity contribution in [2.45, 2.75) is 71.5 Å². The van der Waals surface area contributed by atoms with Gasteiger partial charge >= 0.3 is 0 Å². The lowest BCUT2D eigenvalue weighted by Crippen LogP contribution is -2.49. The molecule has 0 aromatic carbocycles. The molecule has 0 radical (unpaired) electrons. The topological polar surface area (TPSA) is 101 Å². The number of rotatable bonds is 5. The minimum absolute atomic E-state index is 0.127. The number of hydrogen-bond acceptors (Lipinski definition) is 5. The Hall–Kier alpha value is -1.64. The zero-order valence-electron chi connectivity index (χ0n) is 16.8. The van der Waals surface area contributed by atoms with Crippen LogP contribution in [-0.2, 0) is 22.8 Å². The lowest BCUT2D eigenvalue weighted by Gasteiger charge is -2.26. The van der Waals surface area contributed by atoms with E-state index >= 15 is 0 Å². The van der Waals surface area contributed by atoms with Crippen LogP contribution in [0.2, 0.25) is 0 Å². The Balaban J connectivity index is 1.63. The molecule has 0 aliphatic carbocycles. The molecule has 9 heteroatoms. The highest BCUT2D eigenvalue weighted by Gasteiger charge is 2.28. The smallest absolute Gasteiger partial charge is 0.191 e. The highest BCUT2D eigenvalue weighted by atomic mass is 32.2. The summed E-state index contributed by atoms with van der Waals surface area (Å²) < 4.78 is 25.3. The summed E-state index contributed by atoms with van der Waals surface area (Å²) in [5.74, 6) is 3.73. The standard InChI is InChI=1S/C18H32N6O2S/c1-12(2)17-22-16-6-5-15(10-24(16)23-17)21-18(20-13(3)4)19-9-14-7-8-27(25,26)11-14/h12-15H,5-11H2,1-4H3,(H2,19,20,21). The summed E-state index contributed by atoms with van der Waals surface area (Å²) in [6, 6.07) is 0.484. The van der Waals surface area contributed by atoms with Crippen LogP contribution in [0.15, 0.2) is 4.99 Å². The highest BCUT2D eigenvalue weighted by molar-refractivity contribution is 7.91. The molecule has 152 valence electrons. The van der Waals surface area contributed by atoms with Gasteiger partial charge in [0.05, 0.1) is 18.1 Å². The first kappa shape index (κ1) is 20.1. The van der Waals surface area contributed by atoms with Crippen LogP contribution in [-0.4, -0.2) is 59.3 Å². The highest BCUT2D eigenvalue weighted by Crippen LogP contribution is 2.19. The maximum Gasteiger partial charge on any atom is 0.191 e. The van der Waals surface area contributed by atoms with Gasteiger partial charge in [-0.05, 0) is 32.6 Å². The monoisotopic (exact) mass is 396 g/mol. The summed E-state index contributed by atoms with van der Waals surface area (Å²) in [6.07, 6.45) is 2.59. The summed E-state index contributed by atoms with van der Waals surface area (Å²) in [4.78, 5) is 9.32. The van der Waals surface area contributed by atoms with Crippen molar-refractivity contribution >= 4 is 15.8 Å². The lowest BCUT2D eigenvalue weighted by molar-refractivity contribution is 0.390. The summed E-state index contributed by atoms with van der Waals surface area (Å²) in [6.45, 7) is 9.67. The van der Waals surface area contributed by atoms with Crippen LogP contribution in [0.4, 0.5) is 0 Å². The largest absolute Gasteiger partial charge is 0.354 e. The quantitative estimate of drug-likeness (QED) is 0.571.